The summed E-state index contributed by atoms with van der Waals surface area (Å²) < 4.78 is 14.1. The third kappa shape index (κ3) is 2.49. The van der Waals surface area contributed by atoms with Crippen LogP contribution in [-0.4, -0.2) is 0 Å². The Morgan fingerprint density at radius 1 is 1.41 bits per heavy atom. The number of hydrogen-bond acceptors (Lipinski definition) is 3. The van der Waals surface area contributed by atoms with E-state index in [4.69, 9.17) is 5.84 Å². The summed E-state index contributed by atoms with van der Waals surface area (Å²) in [6.07, 6.45) is 1.05. The summed E-state index contributed by atoms with van der Waals surface area (Å²) in [4.78, 5) is 1.17. The predicted molar refractivity (Wildman–Crippen MR) is 71.3 cm³/mol. The number of fused-ring (bicyclic) bond motifs is 1. The molecule has 0 saturated carbocycles. The van der Waals surface area contributed by atoms with E-state index in [0.29, 0.717) is 5.92 Å². The van der Waals surface area contributed by atoms with Gasteiger partial charge in [-0.25, -0.2) is 4.39 Å². The summed E-state index contributed by atoms with van der Waals surface area (Å²) in [5.41, 5.74) is 2.86. The molecule has 1 aromatic heterocycles. The van der Waals surface area contributed by atoms with Gasteiger partial charge in [-0.3, -0.25) is 11.3 Å². The van der Waals surface area contributed by atoms with Gasteiger partial charge in [0.1, 0.15) is 5.82 Å². The molecule has 2 atom stereocenters. The molecule has 0 fully saturated rings. The number of nitrogens with one attached hydrogen (secondary N) is 1. The van der Waals surface area contributed by atoms with Crippen LogP contribution in [-0.2, 0) is 0 Å². The zero-order valence-electron chi connectivity index (χ0n) is 10.0. The van der Waals surface area contributed by atoms with Gasteiger partial charge in [0.25, 0.3) is 0 Å². The van der Waals surface area contributed by atoms with Crippen LogP contribution in [0.5, 0.6) is 0 Å². The Hall–Kier alpha value is -0.970. The first-order valence-corrected chi connectivity index (χ1v) is 6.62. The van der Waals surface area contributed by atoms with Gasteiger partial charge in [0.2, 0.25) is 0 Å². The summed E-state index contributed by atoms with van der Waals surface area (Å²) >= 11 is 1.61. The fourth-order valence-electron chi connectivity index (χ4n) is 1.94. The molecule has 2 aromatic rings. The highest BCUT2D eigenvalue weighted by molar-refractivity contribution is 7.19. The van der Waals surface area contributed by atoms with Crippen molar-refractivity contribution in [2.75, 3.05) is 0 Å². The number of rotatable bonds is 4. The molecule has 0 amide bonds. The van der Waals surface area contributed by atoms with Gasteiger partial charge in [-0.05, 0) is 29.5 Å². The Balaban J connectivity index is 2.41. The summed E-state index contributed by atoms with van der Waals surface area (Å²) in [6, 6.07) is 7.12. The Labute approximate surface area is 105 Å². The number of hydrogen-bond donors (Lipinski definition) is 2. The molecular weight excluding hydrogens is 235 g/mol. The Kier molecular flexibility index (Phi) is 3.76. The Morgan fingerprint density at radius 3 is 2.82 bits per heavy atom. The van der Waals surface area contributed by atoms with Crippen molar-refractivity contribution in [3.63, 3.8) is 0 Å². The number of halogens is 1. The summed E-state index contributed by atoms with van der Waals surface area (Å²) in [6.45, 7) is 4.30. The molecule has 1 heterocycles. The number of benzene rings is 1. The van der Waals surface area contributed by atoms with Crippen molar-refractivity contribution in [2.24, 2.45) is 11.8 Å². The van der Waals surface area contributed by atoms with E-state index in [-0.39, 0.29) is 11.9 Å². The van der Waals surface area contributed by atoms with Crippen molar-refractivity contribution >= 4 is 21.4 Å². The van der Waals surface area contributed by atoms with Gasteiger partial charge in [-0.2, -0.15) is 0 Å². The molecule has 92 valence electrons. The van der Waals surface area contributed by atoms with Gasteiger partial charge < -0.3 is 0 Å². The number of thiophene rings is 1. The van der Waals surface area contributed by atoms with Crippen LogP contribution in [0.3, 0.4) is 0 Å². The molecule has 0 saturated heterocycles. The van der Waals surface area contributed by atoms with E-state index >= 15 is 0 Å². The van der Waals surface area contributed by atoms with Crippen molar-refractivity contribution in [3.05, 3.63) is 35.0 Å². The zero-order valence-corrected chi connectivity index (χ0v) is 10.9. The predicted octanol–water partition coefficient (Wildman–Crippen LogP) is 3.59. The minimum Gasteiger partial charge on any atom is -0.271 e. The van der Waals surface area contributed by atoms with Gasteiger partial charge in [-0.15, -0.1) is 11.3 Å². The summed E-state index contributed by atoms with van der Waals surface area (Å²) in [5.74, 6) is 5.88. The topological polar surface area (TPSA) is 38.0 Å². The lowest BCUT2D eigenvalue weighted by Gasteiger charge is -2.20. The monoisotopic (exact) mass is 252 g/mol. The highest BCUT2D eigenvalue weighted by Crippen LogP contribution is 2.34. The second-order valence-electron chi connectivity index (χ2n) is 4.36. The van der Waals surface area contributed by atoms with E-state index < -0.39 is 0 Å². The highest BCUT2D eigenvalue weighted by atomic mass is 32.1. The van der Waals surface area contributed by atoms with Gasteiger partial charge >= 0.3 is 0 Å². The second kappa shape index (κ2) is 5.12. The number of hydrazine groups is 1. The maximum Gasteiger partial charge on any atom is 0.124 e. The van der Waals surface area contributed by atoms with Gasteiger partial charge in [-0.1, -0.05) is 26.3 Å². The molecule has 2 nitrogen and oxygen atoms in total. The van der Waals surface area contributed by atoms with E-state index in [2.05, 4.69) is 25.3 Å². The SMILES string of the molecule is CCC(C)C(NN)c1cc2ccc(F)cc2s1. The van der Waals surface area contributed by atoms with Gasteiger partial charge in [0.05, 0.1) is 6.04 Å². The first kappa shape index (κ1) is 12.5. The van der Waals surface area contributed by atoms with E-state index in [1.165, 1.54) is 10.9 Å². The first-order chi connectivity index (χ1) is 8.15. The zero-order chi connectivity index (χ0) is 12.4. The van der Waals surface area contributed by atoms with Gasteiger partial charge in [0.15, 0.2) is 0 Å². The molecule has 0 spiro atoms. The molecule has 4 heteroatoms. The summed E-state index contributed by atoms with van der Waals surface area (Å²) in [5, 5.41) is 1.08. The third-order valence-electron chi connectivity index (χ3n) is 3.20. The molecule has 3 N–H and O–H groups in total. The smallest absolute Gasteiger partial charge is 0.124 e. The lowest BCUT2D eigenvalue weighted by molar-refractivity contribution is 0.388. The highest BCUT2D eigenvalue weighted by Gasteiger charge is 2.18. The molecule has 0 radical (unpaired) electrons. The van der Waals surface area contributed by atoms with Crippen LogP contribution >= 0.6 is 11.3 Å². The Bertz CT molecular complexity index is 509. The minimum absolute atomic E-state index is 0.139. The lowest BCUT2D eigenvalue weighted by atomic mass is 9.98. The van der Waals surface area contributed by atoms with E-state index in [9.17, 15) is 4.39 Å². The molecular formula is C13H17FN2S. The molecule has 0 bridgehead atoms. The molecule has 2 unspecified atom stereocenters. The van der Waals surface area contributed by atoms with E-state index in [0.717, 1.165) is 16.5 Å². The third-order valence-corrected chi connectivity index (χ3v) is 4.38. The maximum absolute atomic E-state index is 13.1. The van der Waals surface area contributed by atoms with Crippen LogP contribution in [0.15, 0.2) is 24.3 Å². The van der Waals surface area contributed by atoms with E-state index in [1.54, 1.807) is 17.4 Å². The van der Waals surface area contributed by atoms with Crippen molar-refractivity contribution in [1.82, 2.24) is 5.43 Å². The van der Waals surface area contributed by atoms with Gasteiger partial charge in [0, 0.05) is 9.58 Å². The number of nitrogens with two attached hydrogens (primary N) is 1. The van der Waals surface area contributed by atoms with Crippen molar-refractivity contribution in [3.8, 4) is 0 Å². The molecule has 17 heavy (non-hydrogen) atoms. The molecule has 1 aromatic carbocycles. The molecule has 0 aliphatic rings. The fourth-order valence-corrected chi connectivity index (χ4v) is 3.22. The van der Waals surface area contributed by atoms with Crippen molar-refractivity contribution in [1.29, 1.82) is 0 Å². The Morgan fingerprint density at radius 2 is 2.18 bits per heavy atom. The van der Waals surface area contributed by atoms with Crippen LogP contribution in [0.2, 0.25) is 0 Å². The minimum atomic E-state index is -0.188. The van der Waals surface area contributed by atoms with Crippen molar-refractivity contribution < 1.29 is 4.39 Å². The maximum atomic E-state index is 13.1. The van der Waals surface area contributed by atoms with Crippen LogP contribution in [0, 0.1) is 11.7 Å². The quantitative estimate of drug-likeness (QED) is 0.644. The standard InChI is InChI=1S/C13H17FN2S/c1-3-8(2)13(16-15)12-6-9-4-5-10(14)7-11(9)17-12/h4-8,13,16H,3,15H2,1-2H3. The largest absolute Gasteiger partial charge is 0.271 e. The normalized spacial score (nSPS) is 15.1. The van der Waals surface area contributed by atoms with Crippen LogP contribution in [0.25, 0.3) is 10.1 Å². The van der Waals surface area contributed by atoms with Crippen LogP contribution < -0.4 is 11.3 Å². The van der Waals surface area contributed by atoms with Crippen LogP contribution in [0.4, 0.5) is 4.39 Å². The fraction of sp³-hybridized carbons (Fsp3) is 0.385. The first-order valence-electron chi connectivity index (χ1n) is 5.80. The molecule has 0 aliphatic carbocycles. The molecule has 2 rings (SSSR count). The van der Waals surface area contributed by atoms with Crippen LogP contribution in [0.1, 0.15) is 31.2 Å². The average Bonchev–Trinajstić information content (AvgIpc) is 2.72. The second-order valence-corrected chi connectivity index (χ2v) is 5.48. The molecule has 0 aliphatic heterocycles. The van der Waals surface area contributed by atoms with E-state index in [1.807, 2.05) is 6.07 Å². The lowest BCUT2D eigenvalue weighted by Crippen LogP contribution is -2.31. The average molecular weight is 252 g/mol. The van der Waals surface area contributed by atoms with Crippen molar-refractivity contribution in [2.45, 2.75) is 26.3 Å². The summed E-state index contributed by atoms with van der Waals surface area (Å²) in [7, 11) is 0.